The molecule has 0 fully saturated rings. The monoisotopic (exact) mass is 251 g/mol. The van der Waals surface area contributed by atoms with Crippen LogP contribution in [0.5, 0.6) is 11.8 Å². The van der Waals surface area contributed by atoms with Crippen molar-refractivity contribution >= 4 is 11.7 Å². The van der Waals surface area contributed by atoms with Crippen molar-refractivity contribution in [2.75, 3.05) is 13.7 Å². The summed E-state index contributed by atoms with van der Waals surface area (Å²) in [6.45, 7) is 2.34. The fraction of sp³-hybridized carbons (Fsp3) is 0.364. The number of carboxylic acid groups (broad SMARTS) is 1. The number of carbonyl (C=O) groups is 1. The van der Waals surface area contributed by atoms with Crippen molar-refractivity contribution in [3.8, 4) is 11.8 Å². The lowest BCUT2D eigenvalue weighted by atomic mass is 10.3. The molecule has 96 valence electrons. The zero-order valence-electron chi connectivity index (χ0n) is 10.1. The van der Waals surface area contributed by atoms with Crippen LogP contribution in [0.3, 0.4) is 0 Å². The van der Waals surface area contributed by atoms with Gasteiger partial charge < -0.3 is 14.6 Å². The van der Waals surface area contributed by atoms with E-state index in [2.05, 4.69) is 9.97 Å². The number of hydrogen-bond donors (Lipinski definition) is 1. The fourth-order valence-corrected chi connectivity index (χ4v) is 1.57. The number of methoxy groups -OCH3 is 1. The number of ether oxygens (including phenoxy) is 2. The highest BCUT2D eigenvalue weighted by molar-refractivity contribution is 5.69. The van der Waals surface area contributed by atoms with Crippen molar-refractivity contribution in [2.45, 2.75) is 13.3 Å². The average Bonchev–Trinajstić information content (AvgIpc) is 2.70. The Morgan fingerprint density at radius 2 is 2.28 bits per heavy atom. The van der Waals surface area contributed by atoms with E-state index in [1.54, 1.807) is 16.7 Å². The van der Waals surface area contributed by atoms with E-state index in [4.69, 9.17) is 14.6 Å². The van der Waals surface area contributed by atoms with Crippen LogP contribution in [-0.2, 0) is 11.2 Å². The smallest absolute Gasteiger partial charge is 0.309 e. The first-order valence-corrected chi connectivity index (χ1v) is 5.41. The van der Waals surface area contributed by atoms with Gasteiger partial charge in [-0.2, -0.15) is 4.98 Å². The van der Waals surface area contributed by atoms with Crippen LogP contribution < -0.4 is 9.47 Å². The highest BCUT2D eigenvalue weighted by Gasteiger charge is 2.12. The molecule has 0 aliphatic rings. The molecule has 2 heterocycles. The molecule has 0 saturated carbocycles. The van der Waals surface area contributed by atoms with Gasteiger partial charge in [-0.25, -0.2) is 4.98 Å². The van der Waals surface area contributed by atoms with E-state index in [-0.39, 0.29) is 6.42 Å². The van der Waals surface area contributed by atoms with Gasteiger partial charge in [0.2, 0.25) is 17.5 Å². The van der Waals surface area contributed by atoms with Crippen LogP contribution in [-0.4, -0.2) is 39.2 Å². The third kappa shape index (κ3) is 2.34. The molecule has 1 N–H and O–H groups in total. The predicted octanol–water partition coefficient (Wildman–Crippen LogP) is 0.764. The number of aliphatic carboxylic acids is 1. The van der Waals surface area contributed by atoms with Gasteiger partial charge in [0, 0.05) is 6.20 Å². The first-order chi connectivity index (χ1) is 8.63. The molecule has 2 aromatic heterocycles. The van der Waals surface area contributed by atoms with Crippen molar-refractivity contribution < 1.29 is 19.4 Å². The zero-order valence-corrected chi connectivity index (χ0v) is 10.1. The Hall–Kier alpha value is -2.31. The van der Waals surface area contributed by atoms with Gasteiger partial charge in [0.25, 0.3) is 0 Å². The summed E-state index contributed by atoms with van der Waals surface area (Å²) in [4.78, 5) is 18.9. The molecule has 0 aliphatic carbocycles. The molecular formula is C11H13N3O4. The summed E-state index contributed by atoms with van der Waals surface area (Å²) in [6.07, 6.45) is 1.44. The SMILES string of the molecule is CCOc1cc(OC)nc2nc(CC(=O)O)cn12. The first-order valence-electron chi connectivity index (χ1n) is 5.41. The lowest BCUT2D eigenvalue weighted by molar-refractivity contribution is -0.136. The second kappa shape index (κ2) is 4.91. The van der Waals surface area contributed by atoms with Gasteiger partial charge in [-0.3, -0.25) is 9.20 Å². The van der Waals surface area contributed by atoms with Crippen molar-refractivity contribution in [1.82, 2.24) is 14.4 Å². The quantitative estimate of drug-likeness (QED) is 0.844. The summed E-state index contributed by atoms with van der Waals surface area (Å²) in [7, 11) is 1.50. The van der Waals surface area contributed by atoms with Gasteiger partial charge in [-0.15, -0.1) is 0 Å². The fourth-order valence-electron chi connectivity index (χ4n) is 1.57. The Balaban J connectivity index is 2.51. The topological polar surface area (TPSA) is 86.0 Å². The number of nitrogens with zero attached hydrogens (tertiary/aromatic N) is 3. The van der Waals surface area contributed by atoms with E-state index in [9.17, 15) is 4.79 Å². The summed E-state index contributed by atoms with van der Waals surface area (Å²) >= 11 is 0. The Kier molecular flexibility index (Phi) is 3.31. The largest absolute Gasteiger partial charge is 0.481 e. The van der Waals surface area contributed by atoms with Gasteiger partial charge in [0.15, 0.2) is 0 Å². The van der Waals surface area contributed by atoms with E-state index in [0.29, 0.717) is 29.8 Å². The molecule has 0 atom stereocenters. The second-order valence-electron chi connectivity index (χ2n) is 3.54. The summed E-state index contributed by atoms with van der Waals surface area (Å²) in [5.74, 6) is 0.305. The van der Waals surface area contributed by atoms with Crippen LogP contribution in [0.1, 0.15) is 12.6 Å². The van der Waals surface area contributed by atoms with Crippen molar-refractivity contribution in [3.05, 3.63) is 18.0 Å². The van der Waals surface area contributed by atoms with Gasteiger partial charge in [0.1, 0.15) is 0 Å². The zero-order chi connectivity index (χ0) is 13.1. The highest BCUT2D eigenvalue weighted by Crippen LogP contribution is 2.20. The molecule has 0 saturated heterocycles. The molecule has 0 spiro atoms. The molecule has 0 aliphatic heterocycles. The van der Waals surface area contributed by atoms with E-state index < -0.39 is 5.97 Å². The van der Waals surface area contributed by atoms with E-state index in [1.165, 1.54) is 7.11 Å². The van der Waals surface area contributed by atoms with E-state index >= 15 is 0 Å². The van der Waals surface area contributed by atoms with Gasteiger partial charge in [0.05, 0.1) is 31.9 Å². The summed E-state index contributed by atoms with van der Waals surface area (Å²) in [5.41, 5.74) is 0.421. The molecular weight excluding hydrogens is 238 g/mol. The first kappa shape index (κ1) is 12.2. The average molecular weight is 251 g/mol. The third-order valence-corrected chi connectivity index (χ3v) is 2.27. The van der Waals surface area contributed by atoms with Crippen LogP contribution in [0, 0.1) is 0 Å². The molecule has 2 aromatic rings. The van der Waals surface area contributed by atoms with Gasteiger partial charge in [-0.1, -0.05) is 0 Å². The minimum atomic E-state index is -0.941. The second-order valence-corrected chi connectivity index (χ2v) is 3.54. The Labute approximate surface area is 103 Å². The minimum Gasteiger partial charge on any atom is -0.481 e. The molecule has 0 radical (unpaired) electrons. The molecule has 7 nitrogen and oxygen atoms in total. The van der Waals surface area contributed by atoms with Crippen LogP contribution in [0.4, 0.5) is 0 Å². The van der Waals surface area contributed by atoms with Crippen molar-refractivity contribution in [1.29, 1.82) is 0 Å². The number of imidazole rings is 1. The van der Waals surface area contributed by atoms with E-state index in [0.717, 1.165) is 0 Å². The van der Waals surface area contributed by atoms with Crippen LogP contribution in [0.2, 0.25) is 0 Å². The number of carboxylic acids is 1. The van der Waals surface area contributed by atoms with Crippen molar-refractivity contribution in [2.24, 2.45) is 0 Å². The third-order valence-electron chi connectivity index (χ3n) is 2.27. The van der Waals surface area contributed by atoms with Crippen molar-refractivity contribution in [3.63, 3.8) is 0 Å². The maximum atomic E-state index is 10.7. The number of fused-ring (bicyclic) bond motifs is 1. The Bertz CT molecular complexity index is 579. The van der Waals surface area contributed by atoms with Gasteiger partial charge >= 0.3 is 5.97 Å². The molecule has 0 unspecified atom stereocenters. The normalized spacial score (nSPS) is 10.6. The maximum absolute atomic E-state index is 10.7. The summed E-state index contributed by atoms with van der Waals surface area (Å²) in [5, 5.41) is 8.74. The maximum Gasteiger partial charge on any atom is 0.309 e. The molecule has 0 aromatic carbocycles. The number of hydrogen-bond acceptors (Lipinski definition) is 5. The van der Waals surface area contributed by atoms with Crippen LogP contribution >= 0.6 is 0 Å². The minimum absolute atomic E-state index is 0.156. The predicted molar refractivity (Wildman–Crippen MR) is 62.0 cm³/mol. The molecule has 0 bridgehead atoms. The Morgan fingerprint density at radius 1 is 1.50 bits per heavy atom. The lowest BCUT2D eigenvalue weighted by Gasteiger charge is -2.07. The molecule has 18 heavy (non-hydrogen) atoms. The molecule has 2 rings (SSSR count). The molecule has 0 amide bonds. The van der Waals surface area contributed by atoms with Crippen LogP contribution in [0.25, 0.3) is 5.78 Å². The lowest BCUT2D eigenvalue weighted by Crippen LogP contribution is -2.01. The van der Waals surface area contributed by atoms with Crippen LogP contribution in [0.15, 0.2) is 12.3 Å². The standard InChI is InChI=1S/C11H13N3O4/c1-3-18-9-5-8(17-2)13-11-12-7(4-10(15)16)6-14(9)11/h5-6H,3-4H2,1-2H3,(H,15,16). The van der Waals surface area contributed by atoms with Gasteiger partial charge in [-0.05, 0) is 6.92 Å². The van der Waals surface area contributed by atoms with E-state index in [1.807, 2.05) is 6.92 Å². The number of aromatic nitrogens is 3. The summed E-state index contributed by atoms with van der Waals surface area (Å²) in [6, 6.07) is 1.63. The molecule has 7 heteroatoms. The highest BCUT2D eigenvalue weighted by atomic mass is 16.5. The summed E-state index contributed by atoms with van der Waals surface area (Å²) < 4.78 is 12.1. The number of rotatable bonds is 5. The Morgan fingerprint density at radius 3 is 2.89 bits per heavy atom.